The van der Waals surface area contributed by atoms with Gasteiger partial charge in [0.15, 0.2) is 0 Å². The van der Waals surface area contributed by atoms with Gasteiger partial charge in [0.05, 0.1) is 0 Å². The van der Waals surface area contributed by atoms with Crippen molar-refractivity contribution in [2.75, 3.05) is 5.32 Å². The van der Waals surface area contributed by atoms with Crippen LogP contribution in [0, 0.1) is 5.92 Å². The molecule has 1 aromatic rings. The predicted molar refractivity (Wildman–Crippen MR) is 67.7 cm³/mol. The lowest BCUT2D eigenvalue weighted by molar-refractivity contribution is 0.271. The first kappa shape index (κ1) is 10.4. The molecule has 1 aliphatic carbocycles. The molecular formula is C13H17ClN2. The lowest BCUT2D eigenvalue weighted by atomic mass is 9.75. The Labute approximate surface area is 101 Å². The van der Waals surface area contributed by atoms with E-state index in [1.54, 1.807) is 0 Å². The van der Waals surface area contributed by atoms with E-state index in [0.29, 0.717) is 12.0 Å². The molecule has 0 bridgehead atoms. The molecule has 3 heteroatoms. The van der Waals surface area contributed by atoms with Gasteiger partial charge in [-0.1, -0.05) is 30.5 Å². The van der Waals surface area contributed by atoms with Crippen LogP contribution >= 0.6 is 11.6 Å². The second kappa shape index (κ2) is 3.94. The molecule has 1 aromatic carbocycles. The molecule has 0 radical (unpaired) electrons. The molecule has 86 valence electrons. The summed E-state index contributed by atoms with van der Waals surface area (Å²) in [4.78, 5) is 0. The van der Waals surface area contributed by atoms with Crippen molar-refractivity contribution in [2.24, 2.45) is 11.7 Å². The molecule has 2 nitrogen and oxygen atoms in total. The Balaban J connectivity index is 1.99. The quantitative estimate of drug-likeness (QED) is 0.725. The summed E-state index contributed by atoms with van der Waals surface area (Å²) in [6.07, 6.45) is 5.13. The molecular weight excluding hydrogens is 220 g/mol. The number of nitrogens with one attached hydrogen (secondary N) is 1. The van der Waals surface area contributed by atoms with Gasteiger partial charge in [-0.15, -0.1) is 0 Å². The molecule has 1 fully saturated rings. The van der Waals surface area contributed by atoms with E-state index in [0.717, 1.165) is 10.7 Å². The number of halogens is 1. The number of benzene rings is 1. The number of fused-ring (bicyclic) bond motifs is 2. The summed E-state index contributed by atoms with van der Waals surface area (Å²) in [7, 11) is 0. The van der Waals surface area contributed by atoms with Gasteiger partial charge in [0, 0.05) is 22.8 Å². The van der Waals surface area contributed by atoms with Crippen LogP contribution in [-0.4, -0.2) is 6.04 Å². The number of anilines is 1. The van der Waals surface area contributed by atoms with Crippen molar-refractivity contribution in [2.45, 2.75) is 37.8 Å². The van der Waals surface area contributed by atoms with Crippen LogP contribution in [-0.2, 0) is 0 Å². The molecule has 3 atom stereocenters. The van der Waals surface area contributed by atoms with Gasteiger partial charge >= 0.3 is 0 Å². The first-order chi connectivity index (χ1) is 7.75. The fourth-order valence-electron chi connectivity index (χ4n) is 3.14. The third-order valence-electron chi connectivity index (χ3n) is 4.00. The maximum Gasteiger partial charge on any atom is 0.0426 e. The first-order valence-corrected chi connectivity index (χ1v) is 6.45. The topological polar surface area (TPSA) is 38.0 Å². The summed E-state index contributed by atoms with van der Waals surface area (Å²) in [6.45, 7) is 0. The van der Waals surface area contributed by atoms with Crippen molar-refractivity contribution < 1.29 is 0 Å². The highest BCUT2D eigenvalue weighted by atomic mass is 35.5. The summed E-state index contributed by atoms with van der Waals surface area (Å²) in [5.74, 6) is 0.599. The molecule has 0 amide bonds. The van der Waals surface area contributed by atoms with Crippen molar-refractivity contribution in [3.05, 3.63) is 28.8 Å². The third-order valence-corrected chi connectivity index (χ3v) is 4.23. The van der Waals surface area contributed by atoms with Crippen LogP contribution < -0.4 is 11.1 Å². The lowest BCUT2D eigenvalue weighted by Gasteiger charge is -2.42. The molecule has 1 heterocycles. The first-order valence-electron chi connectivity index (χ1n) is 6.07. The Hall–Kier alpha value is -0.730. The minimum Gasteiger partial charge on any atom is -0.382 e. The normalized spacial score (nSPS) is 32.5. The number of rotatable bonds is 0. The summed E-state index contributed by atoms with van der Waals surface area (Å²) >= 11 is 6.02. The van der Waals surface area contributed by atoms with E-state index in [4.69, 9.17) is 17.3 Å². The van der Waals surface area contributed by atoms with Crippen molar-refractivity contribution in [3.63, 3.8) is 0 Å². The van der Waals surface area contributed by atoms with Crippen molar-refractivity contribution >= 4 is 17.3 Å². The third kappa shape index (κ3) is 1.61. The van der Waals surface area contributed by atoms with E-state index >= 15 is 0 Å². The monoisotopic (exact) mass is 236 g/mol. The Morgan fingerprint density at radius 2 is 2.06 bits per heavy atom. The molecule has 3 unspecified atom stereocenters. The van der Waals surface area contributed by atoms with Crippen LogP contribution in [0.5, 0.6) is 0 Å². The maximum absolute atomic E-state index is 6.37. The highest BCUT2D eigenvalue weighted by Gasteiger charge is 2.35. The summed E-state index contributed by atoms with van der Waals surface area (Å²) in [5.41, 5.74) is 8.74. The van der Waals surface area contributed by atoms with E-state index in [-0.39, 0.29) is 6.04 Å². The minimum atomic E-state index is 0.179. The van der Waals surface area contributed by atoms with Crippen LogP contribution in [0.4, 0.5) is 5.69 Å². The van der Waals surface area contributed by atoms with Gasteiger partial charge in [-0.05, 0) is 36.5 Å². The largest absolute Gasteiger partial charge is 0.382 e. The Morgan fingerprint density at radius 1 is 1.25 bits per heavy atom. The Kier molecular flexibility index (Phi) is 2.56. The van der Waals surface area contributed by atoms with Gasteiger partial charge in [-0.2, -0.15) is 0 Å². The summed E-state index contributed by atoms with van der Waals surface area (Å²) in [6, 6.07) is 6.74. The van der Waals surface area contributed by atoms with Gasteiger partial charge < -0.3 is 11.1 Å². The number of nitrogens with two attached hydrogens (primary N) is 1. The Morgan fingerprint density at radius 3 is 2.94 bits per heavy atom. The molecule has 1 saturated carbocycles. The van der Waals surface area contributed by atoms with Crippen LogP contribution in [0.25, 0.3) is 0 Å². The number of hydrogen-bond donors (Lipinski definition) is 2. The summed E-state index contributed by atoms with van der Waals surface area (Å²) in [5, 5.41) is 4.39. The zero-order valence-electron chi connectivity index (χ0n) is 9.25. The standard InChI is InChI=1S/C13H17ClN2/c14-8-5-6-10-12(7-8)16-11-4-2-1-3-9(11)13(10)15/h5-7,9,11,13,16H,1-4,15H2. The fourth-order valence-corrected chi connectivity index (χ4v) is 3.32. The van der Waals surface area contributed by atoms with E-state index in [2.05, 4.69) is 11.4 Å². The highest BCUT2D eigenvalue weighted by molar-refractivity contribution is 6.30. The maximum atomic E-state index is 6.37. The number of hydrogen-bond acceptors (Lipinski definition) is 2. The fraction of sp³-hybridized carbons (Fsp3) is 0.538. The zero-order valence-corrected chi connectivity index (χ0v) is 10.0. The van der Waals surface area contributed by atoms with Crippen molar-refractivity contribution in [1.29, 1.82) is 0 Å². The highest BCUT2D eigenvalue weighted by Crippen LogP contribution is 2.42. The van der Waals surface area contributed by atoms with E-state index in [1.165, 1.54) is 31.2 Å². The predicted octanol–water partition coefficient (Wildman–Crippen LogP) is 3.32. The second-order valence-corrected chi connectivity index (χ2v) is 5.39. The molecule has 16 heavy (non-hydrogen) atoms. The SMILES string of the molecule is NC1c2ccc(Cl)cc2NC2CCCCC21. The van der Waals surface area contributed by atoms with Gasteiger partial charge in [0.25, 0.3) is 0 Å². The molecule has 0 spiro atoms. The van der Waals surface area contributed by atoms with Crippen molar-refractivity contribution in [3.8, 4) is 0 Å². The van der Waals surface area contributed by atoms with E-state index < -0.39 is 0 Å². The minimum absolute atomic E-state index is 0.179. The average molecular weight is 237 g/mol. The van der Waals surface area contributed by atoms with Gasteiger partial charge in [0.2, 0.25) is 0 Å². The van der Waals surface area contributed by atoms with E-state index in [9.17, 15) is 0 Å². The lowest BCUT2D eigenvalue weighted by Crippen LogP contribution is -2.43. The van der Waals surface area contributed by atoms with Crippen LogP contribution in [0.1, 0.15) is 37.3 Å². The van der Waals surface area contributed by atoms with Gasteiger partial charge in [0.1, 0.15) is 0 Å². The molecule has 3 rings (SSSR count). The smallest absolute Gasteiger partial charge is 0.0426 e. The van der Waals surface area contributed by atoms with Gasteiger partial charge in [-0.3, -0.25) is 0 Å². The Bertz CT molecular complexity index is 405. The van der Waals surface area contributed by atoms with Crippen LogP contribution in [0.15, 0.2) is 18.2 Å². The van der Waals surface area contributed by atoms with Gasteiger partial charge in [-0.25, -0.2) is 0 Å². The molecule has 0 saturated heterocycles. The molecule has 2 aliphatic rings. The second-order valence-electron chi connectivity index (χ2n) is 4.96. The van der Waals surface area contributed by atoms with Crippen LogP contribution in [0.2, 0.25) is 5.02 Å². The molecule has 0 aromatic heterocycles. The molecule has 3 N–H and O–H groups in total. The average Bonchev–Trinajstić information content (AvgIpc) is 2.29. The molecule has 1 aliphatic heterocycles. The summed E-state index contributed by atoms with van der Waals surface area (Å²) < 4.78 is 0. The zero-order chi connectivity index (χ0) is 11.1. The van der Waals surface area contributed by atoms with E-state index in [1.807, 2.05) is 12.1 Å². The van der Waals surface area contributed by atoms with Crippen LogP contribution in [0.3, 0.4) is 0 Å². The van der Waals surface area contributed by atoms with Crippen molar-refractivity contribution in [1.82, 2.24) is 0 Å².